The first-order valence-corrected chi connectivity index (χ1v) is 8.61. The van der Waals surface area contributed by atoms with Crippen LogP contribution in [0.3, 0.4) is 0 Å². The van der Waals surface area contributed by atoms with Gasteiger partial charge in [0.15, 0.2) is 0 Å². The first-order chi connectivity index (χ1) is 11.3. The molecular weight excluding hydrogens is 310 g/mol. The highest BCUT2D eigenvalue weighted by Crippen LogP contribution is 2.26. The summed E-state index contributed by atoms with van der Waals surface area (Å²) in [6.45, 7) is 1.35. The average Bonchev–Trinajstić information content (AvgIpc) is 3.31. The zero-order chi connectivity index (χ0) is 15.6. The van der Waals surface area contributed by atoms with E-state index >= 15 is 0 Å². The summed E-state index contributed by atoms with van der Waals surface area (Å²) in [5.41, 5.74) is 2.47. The normalized spacial score (nSPS) is 17.7. The molecule has 6 heteroatoms. The largest absolute Gasteiger partial charge is 0.376 e. The number of amides is 1. The number of carbonyl (C=O) groups is 1. The fraction of sp³-hybridized carbons (Fsp3) is 0.294. The molecule has 3 aromatic rings. The van der Waals surface area contributed by atoms with Crippen LogP contribution in [0.5, 0.6) is 0 Å². The van der Waals surface area contributed by atoms with Crippen molar-refractivity contribution >= 4 is 28.1 Å². The van der Waals surface area contributed by atoms with E-state index in [1.807, 2.05) is 18.2 Å². The molecule has 23 heavy (non-hydrogen) atoms. The van der Waals surface area contributed by atoms with Crippen molar-refractivity contribution in [2.75, 3.05) is 13.2 Å². The van der Waals surface area contributed by atoms with Crippen LogP contribution < -0.4 is 5.32 Å². The van der Waals surface area contributed by atoms with E-state index in [0.717, 1.165) is 41.1 Å². The van der Waals surface area contributed by atoms with E-state index in [9.17, 15) is 4.79 Å². The number of para-hydroxylation sites is 1. The predicted octanol–water partition coefficient (Wildman–Crippen LogP) is 3.20. The first-order valence-electron chi connectivity index (χ1n) is 7.73. The molecular formula is C17H17N3O2S. The number of rotatable bonds is 4. The summed E-state index contributed by atoms with van der Waals surface area (Å²) in [6, 6.07) is 10.1. The number of aromatic amines is 1. The lowest BCUT2D eigenvalue weighted by atomic mass is 10.2. The number of hydrogen-bond donors (Lipinski definition) is 2. The number of ether oxygens (including phenoxy) is 1. The van der Waals surface area contributed by atoms with Crippen molar-refractivity contribution in [2.45, 2.75) is 18.9 Å². The maximum atomic E-state index is 12.2. The Hall–Kier alpha value is -2.18. The van der Waals surface area contributed by atoms with Crippen molar-refractivity contribution in [1.82, 2.24) is 15.3 Å². The number of nitrogens with zero attached hydrogens (tertiary/aromatic N) is 1. The van der Waals surface area contributed by atoms with Crippen LogP contribution in [-0.4, -0.2) is 35.1 Å². The molecule has 1 amide bonds. The van der Waals surface area contributed by atoms with Crippen LogP contribution in [0.15, 0.2) is 35.7 Å². The van der Waals surface area contributed by atoms with Crippen LogP contribution in [0.25, 0.3) is 21.6 Å². The molecule has 3 heterocycles. The van der Waals surface area contributed by atoms with E-state index in [-0.39, 0.29) is 12.0 Å². The molecule has 1 aliphatic rings. The number of fused-ring (bicyclic) bond motifs is 1. The maximum Gasteiger partial charge on any atom is 0.270 e. The zero-order valence-electron chi connectivity index (χ0n) is 12.5. The van der Waals surface area contributed by atoms with Gasteiger partial charge in [0, 0.05) is 29.4 Å². The van der Waals surface area contributed by atoms with Gasteiger partial charge in [0.2, 0.25) is 0 Å². The summed E-state index contributed by atoms with van der Waals surface area (Å²) >= 11 is 1.47. The van der Waals surface area contributed by atoms with Gasteiger partial charge in [-0.2, -0.15) is 0 Å². The molecule has 2 N–H and O–H groups in total. The summed E-state index contributed by atoms with van der Waals surface area (Å²) in [5.74, 6) is -0.140. The van der Waals surface area contributed by atoms with Gasteiger partial charge in [-0.05, 0) is 25.0 Å². The van der Waals surface area contributed by atoms with Gasteiger partial charge in [-0.1, -0.05) is 18.2 Å². The number of benzene rings is 1. The third-order valence-corrected chi connectivity index (χ3v) is 4.89. The first kappa shape index (κ1) is 14.4. The van der Waals surface area contributed by atoms with E-state index in [1.165, 1.54) is 11.3 Å². The topological polar surface area (TPSA) is 67.0 Å². The van der Waals surface area contributed by atoms with Crippen LogP contribution in [0.4, 0.5) is 0 Å². The minimum atomic E-state index is -0.140. The molecule has 0 aliphatic carbocycles. The highest BCUT2D eigenvalue weighted by atomic mass is 32.1. The Labute approximate surface area is 137 Å². The van der Waals surface area contributed by atoms with Crippen LogP contribution in [0, 0.1) is 0 Å². The molecule has 0 radical (unpaired) electrons. The third kappa shape index (κ3) is 3.00. The average molecular weight is 327 g/mol. The minimum Gasteiger partial charge on any atom is -0.376 e. The predicted molar refractivity (Wildman–Crippen MR) is 90.7 cm³/mol. The number of H-pyrrole nitrogens is 1. The van der Waals surface area contributed by atoms with E-state index in [0.29, 0.717) is 12.2 Å². The number of nitrogens with one attached hydrogen (secondary N) is 2. The smallest absolute Gasteiger partial charge is 0.270 e. The zero-order valence-corrected chi connectivity index (χ0v) is 13.4. The van der Waals surface area contributed by atoms with E-state index in [4.69, 9.17) is 4.74 Å². The molecule has 5 nitrogen and oxygen atoms in total. The van der Waals surface area contributed by atoms with Crippen molar-refractivity contribution in [3.05, 3.63) is 41.4 Å². The molecule has 1 aromatic carbocycles. The summed E-state index contributed by atoms with van der Waals surface area (Å²) in [4.78, 5) is 20.0. The summed E-state index contributed by atoms with van der Waals surface area (Å²) in [6.07, 6.45) is 2.23. The highest BCUT2D eigenvalue weighted by Gasteiger charge is 2.18. The van der Waals surface area contributed by atoms with Crippen molar-refractivity contribution in [2.24, 2.45) is 0 Å². The van der Waals surface area contributed by atoms with E-state index < -0.39 is 0 Å². The number of aromatic nitrogens is 2. The van der Waals surface area contributed by atoms with Gasteiger partial charge >= 0.3 is 0 Å². The Balaban J connectivity index is 1.48. The Bertz CT molecular complexity index is 800. The Morgan fingerprint density at radius 3 is 3.17 bits per heavy atom. The number of carbonyl (C=O) groups excluding carboxylic acids is 1. The van der Waals surface area contributed by atoms with Crippen molar-refractivity contribution < 1.29 is 9.53 Å². The molecule has 1 unspecified atom stereocenters. The molecule has 0 spiro atoms. The molecule has 2 aromatic heterocycles. The van der Waals surface area contributed by atoms with E-state index in [2.05, 4.69) is 27.4 Å². The van der Waals surface area contributed by atoms with Crippen molar-refractivity contribution in [3.63, 3.8) is 0 Å². The molecule has 4 rings (SSSR count). The summed E-state index contributed by atoms with van der Waals surface area (Å²) in [7, 11) is 0. The van der Waals surface area contributed by atoms with Gasteiger partial charge in [0.25, 0.3) is 5.91 Å². The second-order valence-corrected chi connectivity index (χ2v) is 6.51. The second-order valence-electron chi connectivity index (χ2n) is 5.65. The minimum absolute atomic E-state index is 0.140. The highest BCUT2D eigenvalue weighted by molar-refractivity contribution is 7.13. The van der Waals surface area contributed by atoms with Gasteiger partial charge < -0.3 is 15.0 Å². The van der Waals surface area contributed by atoms with Crippen LogP contribution in [0.1, 0.15) is 23.3 Å². The standard InChI is InChI=1S/C17H17N3O2S/c21-16(18-9-12-5-3-7-22-12)15-10-23-17(20-15)14-8-11-4-1-2-6-13(11)19-14/h1-2,4,6,8,10,12,19H,3,5,7,9H2,(H,18,21). The maximum absolute atomic E-state index is 12.2. The molecule has 1 saturated heterocycles. The van der Waals surface area contributed by atoms with Gasteiger partial charge in [-0.25, -0.2) is 4.98 Å². The monoisotopic (exact) mass is 327 g/mol. The second kappa shape index (κ2) is 6.14. The van der Waals surface area contributed by atoms with Gasteiger partial charge in [-0.15, -0.1) is 11.3 Å². The van der Waals surface area contributed by atoms with Crippen molar-refractivity contribution in [1.29, 1.82) is 0 Å². The fourth-order valence-electron chi connectivity index (χ4n) is 2.79. The Morgan fingerprint density at radius 2 is 2.35 bits per heavy atom. The Kier molecular flexibility index (Phi) is 3.85. The molecule has 0 saturated carbocycles. The SMILES string of the molecule is O=C(NCC1CCCO1)c1csc(-c2cc3ccccc3[nH]2)n1. The molecule has 1 aliphatic heterocycles. The summed E-state index contributed by atoms with van der Waals surface area (Å²) < 4.78 is 5.51. The molecule has 1 atom stereocenters. The lowest BCUT2D eigenvalue weighted by molar-refractivity contribution is 0.0854. The van der Waals surface area contributed by atoms with Gasteiger partial charge in [0.1, 0.15) is 10.7 Å². The fourth-order valence-corrected chi connectivity index (χ4v) is 3.56. The third-order valence-electron chi connectivity index (χ3n) is 4.01. The number of thiazole rings is 1. The van der Waals surface area contributed by atoms with Crippen LogP contribution in [0.2, 0.25) is 0 Å². The van der Waals surface area contributed by atoms with Crippen LogP contribution in [-0.2, 0) is 4.74 Å². The van der Waals surface area contributed by atoms with Gasteiger partial charge in [-0.3, -0.25) is 4.79 Å². The summed E-state index contributed by atoms with van der Waals surface area (Å²) in [5, 5.41) is 6.66. The van der Waals surface area contributed by atoms with Gasteiger partial charge in [0.05, 0.1) is 11.8 Å². The molecule has 0 bridgehead atoms. The number of hydrogen-bond acceptors (Lipinski definition) is 4. The van der Waals surface area contributed by atoms with Crippen molar-refractivity contribution in [3.8, 4) is 10.7 Å². The molecule has 118 valence electrons. The quantitative estimate of drug-likeness (QED) is 0.773. The lowest BCUT2D eigenvalue weighted by Gasteiger charge is -2.09. The van der Waals surface area contributed by atoms with Crippen LogP contribution >= 0.6 is 11.3 Å². The Morgan fingerprint density at radius 1 is 1.43 bits per heavy atom. The van der Waals surface area contributed by atoms with E-state index in [1.54, 1.807) is 5.38 Å². The lowest BCUT2D eigenvalue weighted by Crippen LogP contribution is -2.31. The molecule has 1 fully saturated rings.